The highest BCUT2D eigenvalue weighted by Crippen LogP contribution is 2.25. The van der Waals surface area contributed by atoms with Crippen molar-refractivity contribution in [1.29, 1.82) is 0 Å². The van der Waals surface area contributed by atoms with Gasteiger partial charge in [-0.3, -0.25) is 0 Å². The molecule has 0 unspecified atom stereocenters. The van der Waals surface area contributed by atoms with Crippen molar-refractivity contribution in [3.05, 3.63) is 41.7 Å². The van der Waals surface area contributed by atoms with Crippen LogP contribution in [0.4, 0.5) is 10.5 Å². The number of carbonyl (C=O) groups excluding carboxylic acids is 1. The van der Waals surface area contributed by atoms with Gasteiger partial charge in [-0.05, 0) is 44.9 Å². The third kappa shape index (κ3) is 3.59. The molecule has 1 aliphatic rings. The number of hydrogen-bond acceptors (Lipinski definition) is 3. The number of aliphatic hydroxyl groups is 1. The van der Waals surface area contributed by atoms with Crippen LogP contribution in [0.1, 0.15) is 30.7 Å². The molecule has 0 spiro atoms. The molecule has 128 valence electrons. The number of anilines is 1. The van der Waals surface area contributed by atoms with Gasteiger partial charge in [-0.1, -0.05) is 18.6 Å². The maximum Gasteiger partial charge on any atom is 0.319 e. The number of carbonyl (C=O) groups is 1. The minimum atomic E-state index is -0.299. The van der Waals surface area contributed by atoms with E-state index in [1.54, 1.807) is 0 Å². The van der Waals surface area contributed by atoms with Crippen LogP contribution in [0.5, 0.6) is 0 Å². The summed E-state index contributed by atoms with van der Waals surface area (Å²) in [6.07, 6.45) is 2.52. The van der Waals surface area contributed by atoms with E-state index in [-0.39, 0.29) is 18.1 Å². The van der Waals surface area contributed by atoms with E-state index in [4.69, 9.17) is 0 Å². The number of amides is 2. The average Bonchev–Trinajstić information content (AvgIpc) is 3.11. The van der Waals surface area contributed by atoms with E-state index in [2.05, 4.69) is 15.7 Å². The summed E-state index contributed by atoms with van der Waals surface area (Å²) in [6, 6.07) is 9.32. The highest BCUT2D eigenvalue weighted by molar-refractivity contribution is 5.91. The van der Waals surface area contributed by atoms with Gasteiger partial charge in [0.05, 0.1) is 23.2 Å². The van der Waals surface area contributed by atoms with E-state index in [0.717, 1.165) is 36.3 Å². The Hall–Kier alpha value is -2.34. The van der Waals surface area contributed by atoms with Crippen LogP contribution in [0.2, 0.25) is 0 Å². The van der Waals surface area contributed by atoms with Crippen LogP contribution >= 0.6 is 0 Å². The Balaban J connectivity index is 1.69. The van der Waals surface area contributed by atoms with Crippen LogP contribution in [0.3, 0.4) is 0 Å². The van der Waals surface area contributed by atoms with Crippen molar-refractivity contribution in [3.63, 3.8) is 0 Å². The molecule has 0 bridgehead atoms. The molecule has 1 aliphatic carbocycles. The number of nitrogens with one attached hydrogen (secondary N) is 2. The largest absolute Gasteiger partial charge is 0.393 e. The smallest absolute Gasteiger partial charge is 0.319 e. The first-order chi connectivity index (χ1) is 11.5. The van der Waals surface area contributed by atoms with Crippen LogP contribution in [-0.4, -0.2) is 33.6 Å². The minimum Gasteiger partial charge on any atom is -0.393 e. The first-order valence-corrected chi connectivity index (χ1v) is 8.40. The van der Waals surface area contributed by atoms with E-state index >= 15 is 0 Å². The molecule has 6 nitrogen and oxygen atoms in total. The van der Waals surface area contributed by atoms with Crippen molar-refractivity contribution in [1.82, 2.24) is 15.1 Å². The van der Waals surface area contributed by atoms with Crippen molar-refractivity contribution < 1.29 is 9.90 Å². The van der Waals surface area contributed by atoms with Crippen LogP contribution in [0, 0.1) is 19.8 Å². The zero-order chi connectivity index (χ0) is 17.1. The number of aryl methyl sites for hydroxylation is 2. The summed E-state index contributed by atoms with van der Waals surface area (Å²) >= 11 is 0. The van der Waals surface area contributed by atoms with Crippen molar-refractivity contribution in [2.24, 2.45) is 5.92 Å². The minimum absolute atomic E-state index is 0.155. The molecule has 1 saturated carbocycles. The summed E-state index contributed by atoms with van der Waals surface area (Å²) in [4.78, 5) is 12.2. The number of urea groups is 1. The lowest BCUT2D eigenvalue weighted by Gasteiger charge is -2.16. The molecule has 6 heteroatoms. The zero-order valence-electron chi connectivity index (χ0n) is 14.1. The third-order valence-electron chi connectivity index (χ3n) is 4.53. The maximum absolute atomic E-state index is 12.2. The highest BCUT2D eigenvalue weighted by Gasteiger charge is 2.25. The van der Waals surface area contributed by atoms with E-state index in [0.29, 0.717) is 12.2 Å². The van der Waals surface area contributed by atoms with Gasteiger partial charge in [-0.25, -0.2) is 9.48 Å². The lowest BCUT2D eigenvalue weighted by molar-refractivity contribution is 0.133. The second-order valence-corrected chi connectivity index (χ2v) is 6.45. The molecule has 1 heterocycles. The molecule has 1 aromatic carbocycles. The van der Waals surface area contributed by atoms with E-state index < -0.39 is 0 Å². The molecule has 0 radical (unpaired) electrons. The van der Waals surface area contributed by atoms with E-state index in [1.807, 2.05) is 48.9 Å². The fourth-order valence-electron chi connectivity index (χ4n) is 3.28. The predicted octanol–water partition coefficient (Wildman–Crippen LogP) is 2.77. The topological polar surface area (TPSA) is 79.2 Å². The molecule has 2 aromatic rings. The van der Waals surface area contributed by atoms with Gasteiger partial charge in [0.15, 0.2) is 0 Å². The maximum atomic E-state index is 12.2. The lowest BCUT2D eigenvalue weighted by Crippen LogP contribution is -2.35. The normalized spacial score (nSPS) is 20.1. The van der Waals surface area contributed by atoms with Gasteiger partial charge < -0.3 is 15.7 Å². The molecule has 1 fully saturated rings. The number of hydrogen-bond donors (Lipinski definition) is 3. The van der Waals surface area contributed by atoms with E-state index in [1.165, 1.54) is 0 Å². The summed E-state index contributed by atoms with van der Waals surface area (Å²) in [5.41, 5.74) is 3.48. The Morgan fingerprint density at radius 2 is 2.12 bits per heavy atom. The number of para-hydroxylation sites is 2. The molecular formula is C18H24N4O2. The molecule has 24 heavy (non-hydrogen) atoms. The highest BCUT2D eigenvalue weighted by atomic mass is 16.3. The number of benzene rings is 1. The summed E-state index contributed by atoms with van der Waals surface area (Å²) in [6.45, 7) is 4.42. The van der Waals surface area contributed by atoms with Crippen molar-refractivity contribution in [2.75, 3.05) is 11.9 Å². The number of aromatic nitrogens is 2. The van der Waals surface area contributed by atoms with Crippen LogP contribution in [0.15, 0.2) is 30.3 Å². The van der Waals surface area contributed by atoms with Crippen molar-refractivity contribution in [3.8, 4) is 5.69 Å². The fourth-order valence-corrected chi connectivity index (χ4v) is 3.28. The molecule has 3 N–H and O–H groups in total. The Labute approximate surface area is 141 Å². The first-order valence-electron chi connectivity index (χ1n) is 8.40. The summed E-state index contributed by atoms with van der Waals surface area (Å²) < 4.78 is 1.83. The number of aliphatic hydroxyl groups excluding tert-OH is 1. The van der Waals surface area contributed by atoms with Crippen molar-refractivity contribution in [2.45, 2.75) is 39.2 Å². The number of rotatable bonds is 4. The van der Waals surface area contributed by atoms with Gasteiger partial charge in [0.2, 0.25) is 0 Å². The summed E-state index contributed by atoms with van der Waals surface area (Å²) in [5.74, 6) is 0.155. The van der Waals surface area contributed by atoms with Gasteiger partial charge >= 0.3 is 6.03 Å². The number of nitrogens with zero attached hydrogens (tertiary/aromatic N) is 2. The second-order valence-electron chi connectivity index (χ2n) is 6.45. The summed E-state index contributed by atoms with van der Waals surface area (Å²) in [5, 5.41) is 20.1. The first kappa shape index (κ1) is 16.5. The Kier molecular flexibility index (Phi) is 4.85. The van der Waals surface area contributed by atoms with Crippen LogP contribution < -0.4 is 10.6 Å². The van der Waals surface area contributed by atoms with Gasteiger partial charge in [0.25, 0.3) is 0 Å². The Morgan fingerprint density at radius 3 is 2.79 bits per heavy atom. The van der Waals surface area contributed by atoms with Gasteiger partial charge in [0.1, 0.15) is 0 Å². The van der Waals surface area contributed by atoms with Gasteiger partial charge in [0, 0.05) is 18.2 Å². The lowest BCUT2D eigenvalue weighted by atomic mass is 10.1. The monoisotopic (exact) mass is 328 g/mol. The fraction of sp³-hybridized carbons (Fsp3) is 0.444. The molecule has 0 aliphatic heterocycles. The van der Waals surface area contributed by atoms with E-state index in [9.17, 15) is 9.90 Å². The Morgan fingerprint density at radius 1 is 1.33 bits per heavy atom. The van der Waals surface area contributed by atoms with Crippen LogP contribution in [-0.2, 0) is 0 Å². The SMILES string of the molecule is Cc1cc(C)n(-c2ccccc2NC(=O)NC[C@@H]2CCC[C@H]2O)n1. The van der Waals surface area contributed by atoms with Crippen LogP contribution in [0.25, 0.3) is 5.69 Å². The summed E-state index contributed by atoms with van der Waals surface area (Å²) in [7, 11) is 0. The molecule has 3 rings (SSSR count). The zero-order valence-corrected chi connectivity index (χ0v) is 14.1. The molecule has 2 atom stereocenters. The second kappa shape index (κ2) is 7.05. The molecule has 1 aromatic heterocycles. The molecule has 2 amide bonds. The predicted molar refractivity (Wildman–Crippen MR) is 93.4 cm³/mol. The van der Waals surface area contributed by atoms with Gasteiger partial charge in [-0.15, -0.1) is 0 Å². The Bertz CT molecular complexity index is 726. The quantitative estimate of drug-likeness (QED) is 0.807. The average molecular weight is 328 g/mol. The molecule has 0 saturated heterocycles. The van der Waals surface area contributed by atoms with Gasteiger partial charge in [-0.2, -0.15) is 5.10 Å². The molecular weight excluding hydrogens is 304 g/mol. The van der Waals surface area contributed by atoms with Crippen molar-refractivity contribution >= 4 is 11.7 Å². The standard InChI is InChI=1S/C18H24N4O2/c1-12-10-13(2)22(21-12)16-8-4-3-7-15(16)20-18(24)19-11-14-6-5-9-17(14)23/h3-4,7-8,10,14,17,23H,5-6,9,11H2,1-2H3,(H2,19,20,24)/t14-,17+/m0/s1. The third-order valence-corrected chi connectivity index (χ3v) is 4.53.